The summed E-state index contributed by atoms with van der Waals surface area (Å²) in [4.78, 5) is 20.4. The third kappa shape index (κ3) is 3.76. The zero-order chi connectivity index (χ0) is 15.4. The summed E-state index contributed by atoms with van der Waals surface area (Å²) in [5.41, 5.74) is 0.476. The first-order valence-electron chi connectivity index (χ1n) is 5.77. The average molecular weight is 353 g/mol. The van der Waals surface area contributed by atoms with Gasteiger partial charge in [0.15, 0.2) is 0 Å². The van der Waals surface area contributed by atoms with Crippen LogP contribution in [0.15, 0.2) is 46.9 Å². The fourth-order valence-electron chi connectivity index (χ4n) is 1.64. The van der Waals surface area contributed by atoms with Crippen molar-refractivity contribution in [1.29, 1.82) is 0 Å². The standard InChI is InChI=1S/C13H9BrN2O5/c14-12-5-4-11(16(19)20)7-13(12)21-8-9-2-1-3-10(6-9)15(17)18/h1-7H,8H2. The van der Waals surface area contributed by atoms with Crippen LogP contribution < -0.4 is 4.74 Å². The lowest BCUT2D eigenvalue weighted by Crippen LogP contribution is -1.98. The fourth-order valence-corrected chi connectivity index (χ4v) is 2.00. The number of ether oxygens (including phenoxy) is 1. The molecule has 8 heteroatoms. The van der Waals surface area contributed by atoms with Crippen molar-refractivity contribution >= 4 is 27.3 Å². The van der Waals surface area contributed by atoms with E-state index in [1.807, 2.05) is 0 Å². The quantitative estimate of drug-likeness (QED) is 0.601. The molecule has 2 rings (SSSR count). The maximum Gasteiger partial charge on any atom is 0.273 e. The molecule has 0 saturated heterocycles. The van der Waals surface area contributed by atoms with E-state index in [-0.39, 0.29) is 18.0 Å². The second-order valence-corrected chi connectivity index (χ2v) is 4.94. The van der Waals surface area contributed by atoms with Crippen LogP contribution in [0.2, 0.25) is 0 Å². The van der Waals surface area contributed by atoms with Crippen LogP contribution in [0.1, 0.15) is 5.56 Å². The van der Waals surface area contributed by atoms with E-state index in [1.165, 1.54) is 30.3 Å². The van der Waals surface area contributed by atoms with E-state index < -0.39 is 9.85 Å². The van der Waals surface area contributed by atoms with Crippen molar-refractivity contribution in [3.05, 3.63) is 72.7 Å². The van der Waals surface area contributed by atoms with Gasteiger partial charge >= 0.3 is 0 Å². The van der Waals surface area contributed by atoms with Crippen molar-refractivity contribution < 1.29 is 14.6 Å². The van der Waals surface area contributed by atoms with E-state index in [9.17, 15) is 20.2 Å². The largest absolute Gasteiger partial charge is 0.487 e. The number of nitro benzene ring substituents is 2. The van der Waals surface area contributed by atoms with Gasteiger partial charge in [0.25, 0.3) is 11.4 Å². The summed E-state index contributed by atoms with van der Waals surface area (Å²) >= 11 is 3.23. The van der Waals surface area contributed by atoms with Crippen LogP contribution in [0.5, 0.6) is 5.75 Å². The number of hydrogen-bond donors (Lipinski definition) is 0. The molecule has 0 bridgehead atoms. The number of non-ortho nitro benzene ring substituents is 2. The average Bonchev–Trinajstić information content (AvgIpc) is 2.46. The monoisotopic (exact) mass is 352 g/mol. The lowest BCUT2D eigenvalue weighted by Gasteiger charge is -2.08. The summed E-state index contributed by atoms with van der Waals surface area (Å²) in [6.07, 6.45) is 0. The van der Waals surface area contributed by atoms with Crippen LogP contribution in [-0.4, -0.2) is 9.85 Å². The van der Waals surface area contributed by atoms with Crippen LogP contribution in [0, 0.1) is 20.2 Å². The van der Waals surface area contributed by atoms with E-state index in [2.05, 4.69) is 15.9 Å². The summed E-state index contributed by atoms with van der Waals surface area (Å²) in [7, 11) is 0. The summed E-state index contributed by atoms with van der Waals surface area (Å²) < 4.78 is 6.04. The van der Waals surface area contributed by atoms with Gasteiger partial charge in [-0.2, -0.15) is 0 Å². The van der Waals surface area contributed by atoms with Gasteiger partial charge in [-0.05, 0) is 27.6 Å². The Morgan fingerprint density at radius 3 is 2.33 bits per heavy atom. The lowest BCUT2D eigenvalue weighted by molar-refractivity contribution is -0.385. The maximum absolute atomic E-state index is 10.7. The fraction of sp³-hybridized carbons (Fsp3) is 0.0769. The van der Waals surface area contributed by atoms with Crippen molar-refractivity contribution in [2.45, 2.75) is 6.61 Å². The molecule has 21 heavy (non-hydrogen) atoms. The molecule has 0 aliphatic heterocycles. The van der Waals surface area contributed by atoms with Gasteiger partial charge in [0.1, 0.15) is 12.4 Å². The van der Waals surface area contributed by atoms with Crippen molar-refractivity contribution in [1.82, 2.24) is 0 Å². The minimum atomic E-state index is -0.521. The molecule has 0 fully saturated rings. The first-order valence-corrected chi connectivity index (χ1v) is 6.57. The Labute approximate surface area is 127 Å². The van der Waals surface area contributed by atoms with Gasteiger partial charge in [0, 0.05) is 18.2 Å². The Kier molecular flexibility index (Phi) is 4.49. The van der Waals surface area contributed by atoms with Gasteiger partial charge in [-0.3, -0.25) is 20.2 Å². The smallest absolute Gasteiger partial charge is 0.273 e. The van der Waals surface area contributed by atoms with Crippen LogP contribution in [0.25, 0.3) is 0 Å². The molecule has 0 radical (unpaired) electrons. The predicted octanol–water partition coefficient (Wildman–Crippen LogP) is 3.84. The van der Waals surface area contributed by atoms with E-state index in [4.69, 9.17) is 4.74 Å². The Morgan fingerprint density at radius 2 is 1.67 bits per heavy atom. The highest BCUT2D eigenvalue weighted by Gasteiger charge is 2.11. The third-order valence-electron chi connectivity index (χ3n) is 2.64. The van der Waals surface area contributed by atoms with Crippen molar-refractivity contribution in [3.8, 4) is 5.75 Å². The molecule has 0 aromatic heterocycles. The molecule has 0 unspecified atom stereocenters. The summed E-state index contributed by atoms with van der Waals surface area (Å²) in [5.74, 6) is 0.302. The highest BCUT2D eigenvalue weighted by molar-refractivity contribution is 9.10. The predicted molar refractivity (Wildman–Crippen MR) is 78.2 cm³/mol. The van der Waals surface area contributed by atoms with Gasteiger partial charge in [0.2, 0.25) is 0 Å². The first-order chi connectivity index (χ1) is 9.97. The zero-order valence-corrected chi connectivity index (χ0v) is 12.1. The molecule has 0 atom stereocenters. The van der Waals surface area contributed by atoms with E-state index in [1.54, 1.807) is 12.1 Å². The Balaban J connectivity index is 2.16. The van der Waals surface area contributed by atoms with Gasteiger partial charge in [0.05, 0.1) is 20.4 Å². The minimum absolute atomic E-state index is 0.0331. The van der Waals surface area contributed by atoms with E-state index in [0.29, 0.717) is 15.8 Å². The summed E-state index contributed by atoms with van der Waals surface area (Å²) in [6, 6.07) is 10.2. The van der Waals surface area contributed by atoms with E-state index in [0.717, 1.165) is 0 Å². The molecule has 0 saturated carbocycles. The van der Waals surface area contributed by atoms with Gasteiger partial charge in [-0.1, -0.05) is 12.1 Å². The Hall–Kier alpha value is -2.48. The Bertz CT molecular complexity index is 705. The molecule has 2 aromatic rings. The SMILES string of the molecule is O=[N+]([O-])c1cccc(COc2cc([N+](=O)[O-])ccc2Br)c1. The van der Waals surface area contributed by atoms with Crippen molar-refractivity contribution in [3.63, 3.8) is 0 Å². The highest BCUT2D eigenvalue weighted by atomic mass is 79.9. The molecule has 0 spiro atoms. The van der Waals surface area contributed by atoms with Crippen LogP contribution in [0.4, 0.5) is 11.4 Å². The molecular weight excluding hydrogens is 344 g/mol. The molecule has 0 heterocycles. The first kappa shape index (κ1) is 14.9. The Morgan fingerprint density at radius 1 is 1.00 bits per heavy atom. The molecule has 7 nitrogen and oxygen atoms in total. The molecule has 0 amide bonds. The maximum atomic E-state index is 10.7. The summed E-state index contributed by atoms with van der Waals surface area (Å²) in [5, 5.41) is 21.4. The number of nitrogens with zero attached hydrogens (tertiary/aromatic N) is 2. The normalized spacial score (nSPS) is 10.1. The van der Waals surface area contributed by atoms with Gasteiger partial charge in [-0.15, -0.1) is 0 Å². The molecule has 0 aliphatic rings. The van der Waals surface area contributed by atoms with Crippen LogP contribution in [-0.2, 0) is 6.61 Å². The van der Waals surface area contributed by atoms with Gasteiger partial charge in [-0.25, -0.2) is 0 Å². The molecule has 0 N–H and O–H groups in total. The number of halogens is 1. The van der Waals surface area contributed by atoms with Gasteiger partial charge < -0.3 is 4.74 Å². The van der Waals surface area contributed by atoms with Crippen molar-refractivity contribution in [2.24, 2.45) is 0 Å². The zero-order valence-electron chi connectivity index (χ0n) is 10.6. The number of hydrogen-bond acceptors (Lipinski definition) is 5. The highest BCUT2D eigenvalue weighted by Crippen LogP contribution is 2.30. The number of benzene rings is 2. The topological polar surface area (TPSA) is 95.5 Å². The van der Waals surface area contributed by atoms with Crippen LogP contribution in [0.3, 0.4) is 0 Å². The molecule has 108 valence electrons. The number of nitro groups is 2. The number of rotatable bonds is 5. The van der Waals surface area contributed by atoms with Crippen molar-refractivity contribution in [2.75, 3.05) is 0 Å². The molecular formula is C13H9BrN2O5. The second-order valence-electron chi connectivity index (χ2n) is 4.09. The third-order valence-corrected chi connectivity index (χ3v) is 3.30. The molecule has 2 aromatic carbocycles. The lowest BCUT2D eigenvalue weighted by atomic mass is 10.2. The summed E-state index contributed by atoms with van der Waals surface area (Å²) in [6.45, 7) is 0.0709. The van der Waals surface area contributed by atoms with E-state index >= 15 is 0 Å². The second kappa shape index (κ2) is 6.31. The minimum Gasteiger partial charge on any atom is -0.487 e. The molecule has 0 aliphatic carbocycles. The van der Waals surface area contributed by atoms with Crippen LogP contribution >= 0.6 is 15.9 Å².